The highest BCUT2D eigenvalue weighted by Crippen LogP contribution is 2.29. The van der Waals surface area contributed by atoms with E-state index >= 15 is 0 Å². The summed E-state index contributed by atoms with van der Waals surface area (Å²) >= 11 is 0. The molecule has 0 aliphatic rings. The largest absolute Gasteiger partial charge is 0.497 e. The molecule has 1 atom stereocenters. The second-order valence-corrected chi connectivity index (χ2v) is 4.39. The monoisotopic (exact) mass is 283 g/mol. The van der Waals surface area contributed by atoms with Crippen molar-refractivity contribution in [2.75, 3.05) is 47.7 Å². The lowest BCUT2D eigenvalue weighted by molar-refractivity contribution is 0.0712. The zero-order valence-electron chi connectivity index (χ0n) is 12.8. The van der Waals surface area contributed by atoms with Crippen molar-refractivity contribution < 1.29 is 18.9 Å². The van der Waals surface area contributed by atoms with Crippen molar-refractivity contribution in [2.24, 2.45) is 0 Å². The number of hydrogen-bond donors (Lipinski definition) is 1. The van der Waals surface area contributed by atoms with Crippen molar-refractivity contribution in [2.45, 2.75) is 13.0 Å². The molecule has 1 aromatic carbocycles. The predicted molar refractivity (Wildman–Crippen MR) is 78.7 cm³/mol. The van der Waals surface area contributed by atoms with E-state index in [2.05, 4.69) is 12.2 Å². The van der Waals surface area contributed by atoms with Crippen LogP contribution >= 0.6 is 0 Å². The van der Waals surface area contributed by atoms with Crippen molar-refractivity contribution in [1.29, 1.82) is 0 Å². The minimum Gasteiger partial charge on any atom is -0.497 e. The molecular weight excluding hydrogens is 258 g/mol. The molecule has 5 heteroatoms. The van der Waals surface area contributed by atoms with Crippen molar-refractivity contribution in [1.82, 2.24) is 5.32 Å². The van der Waals surface area contributed by atoms with Crippen LogP contribution in [-0.4, -0.2) is 47.7 Å². The van der Waals surface area contributed by atoms with Gasteiger partial charge in [-0.1, -0.05) is 6.07 Å². The van der Waals surface area contributed by atoms with E-state index in [1.165, 1.54) is 0 Å². The molecular formula is C15H25NO4. The van der Waals surface area contributed by atoms with Crippen LogP contribution in [0.25, 0.3) is 0 Å². The molecule has 0 aromatic heterocycles. The molecule has 0 saturated carbocycles. The molecule has 1 N–H and O–H groups in total. The Labute approximate surface area is 121 Å². The van der Waals surface area contributed by atoms with Gasteiger partial charge in [0.25, 0.3) is 0 Å². The molecule has 0 saturated heterocycles. The molecule has 0 fully saturated rings. The molecule has 114 valence electrons. The topological polar surface area (TPSA) is 49.0 Å². The van der Waals surface area contributed by atoms with E-state index in [-0.39, 0.29) is 6.04 Å². The summed E-state index contributed by atoms with van der Waals surface area (Å²) < 4.78 is 20.9. The minimum absolute atomic E-state index is 0.182. The third kappa shape index (κ3) is 5.36. The molecule has 1 unspecified atom stereocenters. The highest BCUT2D eigenvalue weighted by molar-refractivity contribution is 5.42. The number of hydrogen-bond acceptors (Lipinski definition) is 5. The zero-order chi connectivity index (χ0) is 14.8. The first-order valence-corrected chi connectivity index (χ1v) is 6.75. The van der Waals surface area contributed by atoms with Crippen LogP contribution < -0.4 is 14.8 Å². The maximum absolute atomic E-state index is 5.41. The Morgan fingerprint density at radius 3 is 2.50 bits per heavy atom. The van der Waals surface area contributed by atoms with Gasteiger partial charge >= 0.3 is 0 Å². The van der Waals surface area contributed by atoms with Gasteiger partial charge in [-0.25, -0.2) is 0 Å². The molecule has 5 nitrogen and oxygen atoms in total. The summed E-state index contributed by atoms with van der Waals surface area (Å²) in [5.74, 6) is 1.62. The van der Waals surface area contributed by atoms with E-state index in [9.17, 15) is 0 Å². The number of ether oxygens (including phenoxy) is 4. The van der Waals surface area contributed by atoms with E-state index < -0.39 is 0 Å². The fraction of sp³-hybridized carbons (Fsp3) is 0.600. The van der Waals surface area contributed by atoms with E-state index in [0.717, 1.165) is 23.6 Å². The average molecular weight is 283 g/mol. The van der Waals surface area contributed by atoms with Crippen LogP contribution in [-0.2, 0) is 9.47 Å². The van der Waals surface area contributed by atoms with Gasteiger partial charge in [-0.05, 0) is 13.0 Å². The van der Waals surface area contributed by atoms with Crippen LogP contribution in [0.1, 0.15) is 18.5 Å². The van der Waals surface area contributed by atoms with Gasteiger partial charge in [0.05, 0.1) is 34.0 Å². The van der Waals surface area contributed by atoms with Crippen LogP contribution in [0.15, 0.2) is 18.2 Å². The van der Waals surface area contributed by atoms with E-state index in [1.54, 1.807) is 21.3 Å². The standard InChI is InChI=1S/C15H25NO4/c1-12(16-7-8-20-10-9-17-2)14-6-5-13(18-3)11-15(14)19-4/h5-6,11-12,16H,7-10H2,1-4H3. The van der Waals surface area contributed by atoms with Gasteiger partial charge in [-0.15, -0.1) is 0 Å². The fourth-order valence-electron chi connectivity index (χ4n) is 1.88. The van der Waals surface area contributed by atoms with E-state index in [0.29, 0.717) is 19.8 Å². The maximum atomic E-state index is 5.41. The Morgan fingerprint density at radius 1 is 1.05 bits per heavy atom. The van der Waals surface area contributed by atoms with Gasteiger partial charge in [0.2, 0.25) is 0 Å². The first-order chi connectivity index (χ1) is 9.72. The zero-order valence-corrected chi connectivity index (χ0v) is 12.8. The van der Waals surface area contributed by atoms with Crippen LogP contribution in [0.2, 0.25) is 0 Å². The Hall–Kier alpha value is -1.30. The van der Waals surface area contributed by atoms with Crippen LogP contribution in [0.4, 0.5) is 0 Å². The molecule has 0 aliphatic carbocycles. The summed E-state index contributed by atoms with van der Waals surface area (Å²) in [6.45, 7) is 4.78. The number of nitrogens with one attached hydrogen (secondary N) is 1. The van der Waals surface area contributed by atoms with Gasteiger partial charge < -0.3 is 24.3 Å². The van der Waals surface area contributed by atoms with Crippen LogP contribution in [0.3, 0.4) is 0 Å². The van der Waals surface area contributed by atoms with Crippen molar-refractivity contribution >= 4 is 0 Å². The summed E-state index contributed by atoms with van der Waals surface area (Å²) in [6, 6.07) is 6.02. The average Bonchev–Trinajstić information content (AvgIpc) is 2.49. The lowest BCUT2D eigenvalue weighted by atomic mass is 10.1. The maximum Gasteiger partial charge on any atom is 0.127 e. The number of rotatable bonds is 10. The Kier molecular flexibility index (Phi) is 8.02. The van der Waals surface area contributed by atoms with Crippen molar-refractivity contribution in [3.8, 4) is 11.5 Å². The predicted octanol–water partition coefficient (Wildman–Crippen LogP) is 2.02. The molecule has 0 spiro atoms. The molecule has 0 radical (unpaired) electrons. The molecule has 0 heterocycles. The quantitative estimate of drug-likeness (QED) is 0.666. The van der Waals surface area contributed by atoms with E-state index in [4.69, 9.17) is 18.9 Å². The SMILES string of the molecule is COCCOCCNC(C)c1ccc(OC)cc1OC. The highest BCUT2D eigenvalue weighted by Gasteiger charge is 2.11. The third-order valence-corrected chi connectivity index (χ3v) is 3.04. The summed E-state index contributed by atoms with van der Waals surface area (Å²) in [6.07, 6.45) is 0. The van der Waals surface area contributed by atoms with Crippen molar-refractivity contribution in [3.63, 3.8) is 0 Å². The summed E-state index contributed by atoms with van der Waals surface area (Å²) in [7, 11) is 4.98. The molecule has 0 aliphatic heterocycles. The van der Waals surface area contributed by atoms with Gasteiger partial charge in [0.15, 0.2) is 0 Å². The summed E-state index contributed by atoms with van der Waals surface area (Å²) in [5, 5.41) is 3.40. The lowest BCUT2D eigenvalue weighted by Crippen LogP contribution is -2.24. The van der Waals surface area contributed by atoms with Crippen LogP contribution in [0.5, 0.6) is 11.5 Å². The van der Waals surface area contributed by atoms with Gasteiger partial charge in [0.1, 0.15) is 11.5 Å². The van der Waals surface area contributed by atoms with Gasteiger partial charge in [-0.2, -0.15) is 0 Å². The summed E-state index contributed by atoms with van der Waals surface area (Å²) in [4.78, 5) is 0. The molecule has 1 rings (SSSR count). The second kappa shape index (κ2) is 9.58. The second-order valence-electron chi connectivity index (χ2n) is 4.39. The smallest absolute Gasteiger partial charge is 0.127 e. The molecule has 0 bridgehead atoms. The molecule has 0 amide bonds. The van der Waals surface area contributed by atoms with Gasteiger partial charge in [0, 0.05) is 31.3 Å². The Morgan fingerprint density at radius 2 is 1.85 bits per heavy atom. The first kappa shape index (κ1) is 16.8. The Balaban J connectivity index is 2.44. The third-order valence-electron chi connectivity index (χ3n) is 3.04. The lowest BCUT2D eigenvalue weighted by Gasteiger charge is -2.18. The minimum atomic E-state index is 0.182. The normalized spacial score (nSPS) is 12.2. The highest BCUT2D eigenvalue weighted by atomic mass is 16.5. The van der Waals surface area contributed by atoms with Crippen molar-refractivity contribution in [3.05, 3.63) is 23.8 Å². The first-order valence-electron chi connectivity index (χ1n) is 6.75. The van der Waals surface area contributed by atoms with Crippen LogP contribution in [0, 0.1) is 0 Å². The van der Waals surface area contributed by atoms with Gasteiger partial charge in [-0.3, -0.25) is 0 Å². The molecule has 1 aromatic rings. The fourth-order valence-corrected chi connectivity index (χ4v) is 1.88. The molecule has 20 heavy (non-hydrogen) atoms. The number of benzene rings is 1. The van der Waals surface area contributed by atoms with E-state index in [1.807, 2.05) is 18.2 Å². The number of methoxy groups -OCH3 is 3. The Bertz CT molecular complexity index is 384. The summed E-state index contributed by atoms with van der Waals surface area (Å²) in [5.41, 5.74) is 1.10.